The fourth-order valence-electron chi connectivity index (χ4n) is 2.92. The largest absolute Gasteiger partial charge is 0.369 e. The van der Waals surface area contributed by atoms with E-state index in [9.17, 15) is 4.79 Å². The number of nitrogens with two attached hydrogens (primary N) is 1. The summed E-state index contributed by atoms with van der Waals surface area (Å²) in [6.07, 6.45) is 2.74. The fourth-order valence-corrected chi connectivity index (χ4v) is 4.23. The number of fused-ring (bicyclic) bond motifs is 1. The fraction of sp³-hybridized carbons (Fsp3) is 0.400. The molecular weight excluding hydrogens is 316 g/mol. The van der Waals surface area contributed by atoms with Gasteiger partial charge in [-0.2, -0.15) is 0 Å². The normalized spacial score (nSPS) is 20.7. The van der Waals surface area contributed by atoms with Crippen LogP contribution in [0.15, 0.2) is 28.6 Å². The Morgan fingerprint density at radius 3 is 2.91 bits per heavy atom. The molecule has 0 saturated heterocycles. The van der Waals surface area contributed by atoms with Crippen LogP contribution in [0, 0.1) is 0 Å². The van der Waals surface area contributed by atoms with Gasteiger partial charge in [-0.1, -0.05) is 41.3 Å². The van der Waals surface area contributed by atoms with Gasteiger partial charge in [-0.25, -0.2) is 0 Å². The van der Waals surface area contributed by atoms with E-state index in [0.29, 0.717) is 6.54 Å². The number of aromatic nitrogens is 2. The molecule has 0 radical (unpaired) electrons. The third-order valence-electron chi connectivity index (χ3n) is 4.00. The predicted molar refractivity (Wildman–Crippen MR) is 90.3 cm³/mol. The van der Waals surface area contributed by atoms with E-state index in [1.54, 1.807) is 23.1 Å². The first kappa shape index (κ1) is 15.3. The number of primary amides is 1. The van der Waals surface area contributed by atoms with Crippen LogP contribution in [0.5, 0.6) is 0 Å². The number of anilines is 1. The van der Waals surface area contributed by atoms with Crippen molar-refractivity contribution in [2.75, 3.05) is 11.2 Å². The second-order valence-corrected chi connectivity index (χ2v) is 7.51. The topological polar surface area (TPSA) is 72.1 Å². The molecule has 1 aromatic heterocycles. The number of carbonyl (C=O) groups excluding carboxylic acids is 1. The summed E-state index contributed by atoms with van der Waals surface area (Å²) in [7, 11) is 0. The minimum absolute atomic E-state index is 0.210. The molecule has 5 nitrogen and oxygen atoms in total. The minimum atomic E-state index is -0.250. The standard InChI is InChI=1S/C15H18N4OS2/c1-9-7-11(14(16)20)10-5-3-4-6-12(10)19(9)8-13-17-18-15(21-2)22-13/h3-6,9,11H,7-8H2,1-2H3,(H2,16,20)/t9-,11+/m1/s1. The molecule has 2 aromatic rings. The maximum absolute atomic E-state index is 11.8. The monoisotopic (exact) mass is 334 g/mol. The van der Waals surface area contributed by atoms with Gasteiger partial charge in [0.05, 0.1) is 12.5 Å². The molecule has 0 spiro atoms. The molecule has 0 fully saturated rings. The van der Waals surface area contributed by atoms with Gasteiger partial charge in [0.25, 0.3) is 0 Å². The summed E-state index contributed by atoms with van der Waals surface area (Å²) in [5.41, 5.74) is 7.67. The van der Waals surface area contributed by atoms with E-state index >= 15 is 0 Å². The minimum Gasteiger partial charge on any atom is -0.369 e. The van der Waals surface area contributed by atoms with Gasteiger partial charge in [0.2, 0.25) is 5.91 Å². The van der Waals surface area contributed by atoms with Gasteiger partial charge < -0.3 is 10.6 Å². The third kappa shape index (κ3) is 2.83. The quantitative estimate of drug-likeness (QED) is 0.870. The molecule has 0 bridgehead atoms. The first-order valence-corrected chi connectivity index (χ1v) is 9.15. The number of para-hydroxylation sites is 1. The molecule has 0 unspecified atom stereocenters. The van der Waals surface area contributed by atoms with Crippen molar-refractivity contribution in [2.45, 2.75) is 36.2 Å². The highest BCUT2D eigenvalue weighted by Crippen LogP contribution is 2.39. The zero-order valence-corrected chi connectivity index (χ0v) is 14.2. The van der Waals surface area contributed by atoms with Crippen molar-refractivity contribution >= 4 is 34.7 Å². The van der Waals surface area contributed by atoms with Gasteiger partial charge in [0.15, 0.2) is 4.34 Å². The number of hydrogen-bond donors (Lipinski definition) is 1. The lowest BCUT2D eigenvalue weighted by atomic mass is 9.85. The van der Waals surface area contributed by atoms with Crippen LogP contribution in [0.3, 0.4) is 0 Å². The maximum atomic E-state index is 11.8. The molecule has 2 heterocycles. The summed E-state index contributed by atoms with van der Waals surface area (Å²) in [6, 6.07) is 8.23. The van der Waals surface area contributed by atoms with Crippen molar-refractivity contribution < 1.29 is 4.79 Å². The zero-order chi connectivity index (χ0) is 15.7. The van der Waals surface area contributed by atoms with Crippen molar-refractivity contribution in [3.05, 3.63) is 34.8 Å². The summed E-state index contributed by atoms with van der Waals surface area (Å²) in [5, 5.41) is 9.40. The summed E-state index contributed by atoms with van der Waals surface area (Å²) in [5.74, 6) is -0.460. The average molecular weight is 334 g/mol. The van der Waals surface area contributed by atoms with Crippen LogP contribution in [-0.2, 0) is 11.3 Å². The highest BCUT2D eigenvalue weighted by molar-refractivity contribution is 8.00. The number of rotatable bonds is 4. The Bertz CT molecular complexity index is 688. The molecule has 0 saturated carbocycles. The second kappa shape index (κ2) is 6.26. The number of amides is 1. The van der Waals surface area contributed by atoms with E-state index in [1.165, 1.54) is 0 Å². The number of hydrogen-bond acceptors (Lipinski definition) is 6. The Labute approximate surface area is 137 Å². The van der Waals surface area contributed by atoms with E-state index in [0.717, 1.165) is 27.0 Å². The second-order valence-electron chi connectivity index (χ2n) is 5.39. The van der Waals surface area contributed by atoms with Gasteiger partial charge in [0, 0.05) is 11.7 Å². The predicted octanol–water partition coefficient (Wildman–Crippen LogP) is 2.63. The van der Waals surface area contributed by atoms with Crippen molar-refractivity contribution in [2.24, 2.45) is 5.73 Å². The highest BCUT2D eigenvalue weighted by atomic mass is 32.2. The van der Waals surface area contributed by atoms with Crippen LogP contribution in [0.2, 0.25) is 0 Å². The first-order chi connectivity index (χ1) is 10.6. The number of carbonyl (C=O) groups is 1. The molecule has 2 N–H and O–H groups in total. The average Bonchev–Trinajstić information content (AvgIpc) is 2.97. The molecule has 1 aliphatic rings. The van der Waals surface area contributed by atoms with E-state index in [1.807, 2.05) is 24.5 Å². The van der Waals surface area contributed by atoms with Crippen LogP contribution >= 0.6 is 23.1 Å². The first-order valence-electron chi connectivity index (χ1n) is 7.11. The molecule has 3 rings (SSSR count). The molecule has 22 heavy (non-hydrogen) atoms. The van der Waals surface area contributed by atoms with Crippen LogP contribution in [-0.4, -0.2) is 28.4 Å². The maximum Gasteiger partial charge on any atom is 0.225 e. The van der Waals surface area contributed by atoms with E-state index < -0.39 is 0 Å². The Morgan fingerprint density at radius 2 is 2.23 bits per heavy atom. The lowest BCUT2D eigenvalue weighted by Crippen LogP contribution is -2.41. The molecule has 0 aliphatic carbocycles. The molecule has 1 amide bonds. The zero-order valence-electron chi connectivity index (χ0n) is 12.5. The summed E-state index contributed by atoms with van der Waals surface area (Å²) < 4.78 is 0.975. The van der Waals surface area contributed by atoms with Gasteiger partial charge >= 0.3 is 0 Å². The smallest absolute Gasteiger partial charge is 0.225 e. The summed E-state index contributed by atoms with van der Waals surface area (Å²) >= 11 is 3.23. The Balaban J connectivity index is 1.93. The Hall–Kier alpha value is -1.60. The van der Waals surface area contributed by atoms with Gasteiger partial charge in [-0.3, -0.25) is 4.79 Å². The number of thioether (sulfide) groups is 1. The third-order valence-corrected chi connectivity index (χ3v) is 5.89. The highest BCUT2D eigenvalue weighted by Gasteiger charge is 2.33. The molecule has 1 aliphatic heterocycles. The number of nitrogens with zero attached hydrogens (tertiary/aromatic N) is 3. The van der Waals surface area contributed by atoms with E-state index in [-0.39, 0.29) is 17.9 Å². The molecule has 7 heteroatoms. The van der Waals surface area contributed by atoms with Crippen LogP contribution < -0.4 is 10.6 Å². The SMILES string of the molecule is CSc1nnc(CN2c3ccccc3[C@@H](C(N)=O)C[C@H]2C)s1. The van der Waals surface area contributed by atoms with Crippen LogP contribution in [0.4, 0.5) is 5.69 Å². The van der Waals surface area contributed by atoms with Gasteiger partial charge in [0.1, 0.15) is 5.01 Å². The van der Waals surface area contributed by atoms with Crippen molar-refractivity contribution in [3.8, 4) is 0 Å². The van der Waals surface area contributed by atoms with Gasteiger partial charge in [-0.05, 0) is 31.2 Å². The molecule has 116 valence electrons. The summed E-state index contributed by atoms with van der Waals surface area (Å²) in [6.45, 7) is 2.84. The summed E-state index contributed by atoms with van der Waals surface area (Å²) in [4.78, 5) is 14.0. The van der Waals surface area contributed by atoms with Crippen molar-refractivity contribution in [1.82, 2.24) is 10.2 Å². The van der Waals surface area contributed by atoms with E-state index in [2.05, 4.69) is 28.1 Å². The lowest BCUT2D eigenvalue weighted by Gasteiger charge is -2.39. The Kier molecular flexibility index (Phi) is 4.35. The molecule has 2 atom stereocenters. The number of benzene rings is 1. The van der Waals surface area contributed by atoms with Gasteiger partial charge in [-0.15, -0.1) is 10.2 Å². The van der Waals surface area contributed by atoms with Crippen LogP contribution in [0.25, 0.3) is 0 Å². The molecule has 1 aromatic carbocycles. The van der Waals surface area contributed by atoms with Crippen molar-refractivity contribution in [3.63, 3.8) is 0 Å². The molecular formula is C15H18N4OS2. The Morgan fingerprint density at radius 1 is 1.45 bits per heavy atom. The van der Waals surface area contributed by atoms with Crippen molar-refractivity contribution in [1.29, 1.82) is 0 Å². The van der Waals surface area contributed by atoms with Crippen LogP contribution in [0.1, 0.15) is 29.8 Å². The lowest BCUT2D eigenvalue weighted by molar-refractivity contribution is -0.119. The van der Waals surface area contributed by atoms with E-state index in [4.69, 9.17) is 5.73 Å².